The molecule has 4 aromatic carbocycles. The maximum absolute atomic E-state index is 13.1. The lowest BCUT2D eigenvalue weighted by Crippen LogP contribution is -2.35. The molecule has 0 aliphatic carbocycles. The quantitative estimate of drug-likeness (QED) is 0.243. The van der Waals surface area contributed by atoms with E-state index in [1.165, 1.54) is 0 Å². The Bertz CT molecular complexity index is 1600. The minimum absolute atomic E-state index is 0.0199. The average Bonchev–Trinajstić information content (AvgIpc) is 2.91. The zero-order valence-electron chi connectivity index (χ0n) is 20.3. The summed E-state index contributed by atoms with van der Waals surface area (Å²) in [4.78, 5) is 15.1. The molecule has 1 aliphatic rings. The molecule has 0 aromatic heterocycles. The molecule has 0 saturated heterocycles. The van der Waals surface area contributed by atoms with Crippen molar-refractivity contribution >= 4 is 43.9 Å². The maximum atomic E-state index is 13.1. The van der Waals surface area contributed by atoms with E-state index in [0.29, 0.717) is 30.6 Å². The molecule has 188 valence electrons. The van der Waals surface area contributed by atoms with E-state index >= 15 is 0 Å². The second-order valence-electron chi connectivity index (χ2n) is 9.22. The molecule has 1 amide bonds. The van der Waals surface area contributed by atoms with Gasteiger partial charge in [0, 0.05) is 29.9 Å². The van der Waals surface area contributed by atoms with Crippen LogP contribution < -0.4 is 15.4 Å². The topological polar surface area (TPSA) is 116 Å². The smallest absolute Gasteiger partial charge is 0.261 e. The van der Waals surface area contributed by atoms with E-state index in [1.807, 2.05) is 48.5 Å². The number of amidine groups is 1. The summed E-state index contributed by atoms with van der Waals surface area (Å²) in [6, 6.07) is 25.4. The summed E-state index contributed by atoms with van der Waals surface area (Å²) in [5.74, 6) is 0.0487. The van der Waals surface area contributed by atoms with Gasteiger partial charge in [0.15, 0.2) is 0 Å². The molecule has 0 fully saturated rings. The highest BCUT2D eigenvalue weighted by molar-refractivity contribution is 7.92. The third kappa shape index (κ3) is 5.34. The molecule has 1 heterocycles. The molecule has 4 aromatic rings. The number of benzene rings is 4. The lowest BCUT2D eigenvalue weighted by Gasteiger charge is -2.30. The van der Waals surface area contributed by atoms with Crippen LogP contribution in [0.3, 0.4) is 0 Å². The number of hydrogen-bond acceptors (Lipinski definition) is 4. The average molecular weight is 513 g/mol. The van der Waals surface area contributed by atoms with E-state index < -0.39 is 10.0 Å². The van der Waals surface area contributed by atoms with Crippen LogP contribution >= 0.6 is 0 Å². The van der Waals surface area contributed by atoms with Crippen LogP contribution in [0, 0.1) is 5.41 Å². The Morgan fingerprint density at radius 1 is 0.946 bits per heavy atom. The van der Waals surface area contributed by atoms with Crippen molar-refractivity contribution < 1.29 is 13.2 Å². The number of rotatable bonds is 7. The van der Waals surface area contributed by atoms with Crippen LogP contribution in [0.1, 0.15) is 29.5 Å². The molecule has 7 nitrogen and oxygen atoms in total. The monoisotopic (exact) mass is 512 g/mol. The number of anilines is 2. The van der Waals surface area contributed by atoms with Crippen molar-refractivity contribution in [2.24, 2.45) is 5.73 Å². The number of hydrogen-bond donors (Lipinski definition) is 3. The maximum Gasteiger partial charge on any atom is 0.261 e. The van der Waals surface area contributed by atoms with Gasteiger partial charge in [-0.3, -0.25) is 14.9 Å². The minimum atomic E-state index is -3.76. The zero-order valence-corrected chi connectivity index (χ0v) is 21.1. The Morgan fingerprint density at radius 3 is 2.46 bits per heavy atom. The van der Waals surface area contributed by atoms with E-state index in [1.54, 1.807) is 41.3 Å². The molecule has 0 radical (unpaired) electrons. The fourth-order valence-corrected chi connectivity index (χ4v) is 5.79. The number of amides is 1. The third-order valence-electron chi connectivity index (χ3n) is 6.68. The molecule has 0 saturated carbocycles. The van der Waals surface area contributed by atoms with Gasteiger partial charge in [-0.1, -0.05) is 54.6 Å². The van der Waals surface area contributed by atoms with E-state index in [2.05, 4.69) is 4.72 Å². The van der Waals surface area contributed by atoms with Crippen molar-refractivity contribution in [3.8, 4) is 0 Å². The van der Waals surface area contributed by atoms with Gasteiger partial charge >= 0.3 is 0 Å². The molecule has 0 bridgehead atoms. The SMILES string of the molecule is N=C(N)c1ccc(CCC(=O)N2CCCc3cc(NS(=O)(=O)c4ccc5ccccc5c4)ccc32)cc1. The third-order valence-corrected chi connectivity index (χ3v) is 8.05. The van der Waals surface area contributed by atoms with E-state index in [0.717, 1.165) is 40.4 Å². The number of carbonyl (C=O) groups is 1. The first-order valence-corrected chi connectivity index (χ1v) is 13.7. The number of aryl methyl sites for hydroxylation is 2. The summed E-state index contributed by atoms with van der Waals surface area (Å²) in [6.07, 6.45) is 2.53. The lowest BCUT2D eigenvalue weighted by molar-refractivity contribution is -0.118. The highest BCUT2D eigenvalue weighted by Gasteiger charge is 2.23. The van der Waals surface area contributed by atoms with Crippen molar-refractivity contribution in [1.82, 2.24) is 0 Å². The van der Waals surface area contributed by atoms with Crippen LogP contribution in [-0.4, -0.2) is 26.7 Å². The molecular formula is C29H28N4O3S. The van der Waals surface area contributed by atoms with Crippen molar-refractivity contribution in [3.63, 3.8) is 0 Å². The second-order valence-corrected chi connectivity index (χ2v) is 10.9. The summed E-state index contributed by atoms with van der Waals surface area (Å²) < 4.78 is 28.8. The van der Waals surface area contributed by atoms with Crippen molar-refractivity contribution in [1.29, 1.82) is 5.41 Å². The van der Waals surface area contributed by atoms with Crippen LogP contribution in [0.15, 0.2) is 89.8 Å². The minimum Gasteiger partial charge on any atom is -0.384 e. The lowest BCUT2D eigenvalue weighted by atomic mass is 10.00. The van der Waals surface area contributed by atoms with Gasteiger partial charge < -0.3 is 10.6 Å². The molecule has 5 rings (SSSR count). The first kappa shape index (κ1) is 24.5. The van der Waals surface area contributed by atoms with Crippen LogP contribution in [-0.2, 0) is 27.7 Å². The Morgan fingerprint density at radius 2 is 1.70 bits per heavy atom. The van der Waals surface area contributed by atoms with E-state index in [9.17, 15) is 13.2 Å². The fourth-order valence-electron chi connectivity index (χ4n) is 4.71. The standard InChI is InChI=1S/C29H28N4O3S/c30-29(31)22-10-7-20(8-11-22)9-16-28(34)33-17-3-6-24-18-25(13-15-27(24)33)32-37(35,36)26-14-12-21-4-1-2-5-23(21)19-26/h1-2,4-5,7-8,10-15,18-19,32H,3,6,9,16-17H2,(H3,30,31). The van der Waals surface area contributed by atoms with Crippen molar-refractivity contribution in [3.05, 3.63) is 102 Å². The van der Waals surface area contributed by atoms with Gasteiger partial charge in [0.05, 0.1) is 4.90 Å². The summed E-state index contributed by atoms with van der Waals surface area (Å²) in [6.45, 7) is 0.636. The van der Waals surface area contributed by atoms with Gasteiger partial charge in [-0.05, 0) is 71.5 Å². The molecule has 0 unspecified atom stereocenters. The summed E-state index contributed by atoms with van der Waals surface area (Å²) in [5, 5.41) is 9.33. The number of fused-ring (bicyclic) bond motifs is 2. The van der Waals surface area contributed by atoms with Crippen molar-refractivity contribution in [2.45, 2.75) is 30.6 Å². The van der Waals surface area contributed by atoms with Gasteiger partial charge in [-0.25, -0.2) is 8.42 Å². The normalized spacial score (nSPS) is 13.2. The van der Waals surface area contributed by atoms with Crippen molar-refractivity contribution in [2.75, 3.05) is 16.2 Å². The molecule has 0 atom stereocenters. The Labute approximate surface area is 216 Å². The largest absolute Gasteiger partial charge is 0.384 e. The molecule has 4 N–H and O–H groups in total. The highest BCUT2D eigenvalue weighted by atomic mass is 32.2. The summed E-state index contributed by atoms with van der Waals surface area (Å²) in [5.41, 5.74) is 9.43. The summed E-state index contributed by atoms with van der Waals surface area (Å²) in [7, 11) is -3.76. The first-order valence-electron chi connectivity index (χ1n) is 12.2. The Kier molecular flexibility index (Phi) is 6.67. The molecular weight excluding hydrogens is 484 g/mol. The molecule has 0 spiro atoms. The number of carbonyl (C=O) groups excluding carboxylic acids is 1. The van der Waals surface area contributed by atoms with E-state index in [-0.39, 0.29) is 16.6 Å². The van der Waals surface area contributed by atoms with Crippen LogP contribution in [0.5, 0.6) is 0 Å². The molecule has 8 heteroatoms. The fraction of sp³-hybridized carbons (Fsp3) is 0.172. The number of nitrogens with one attached hydrogen (secondary N) is 2. The molecule has 37 heavy (non-hydrogen) atoms. The number of nitrogens with two attached hydrogens (primary N) is 1. The summed E-state index contributed by atoms with van der Waals surface area (Å²) >= 11 is 0. The van der Waals surface area contributed by atoms with Gasteiger partial charge in [0.1, 0.15) is 5.84 Å². The van der Waals surface area contributed by atoms with Crippen LogP contribution in [0.25, 0.3) is 10.8 Å². The number of nitrogens with zero attached hydrogens (tertiary/aromatic N) is 1. The van der Waals surface area contributed by atoms with Gasteiger partial charge in [0.25, 0.3) is 10.0 Å². The Balaban J connectivity index is 1.29. The van der Waals surface area contributed by atoms with Crippen LogP contribution in [0.4, 0.5) is 11.4 Å². The van der Waals surface area contributed by atoms with Crippen LogP contribution in [0.2, 0.25) is 0 Å². The Hall–Kier alpha value is -4.17. The number of nitrogen functional groups attached to an aromatic ring is 1. The van der Waals surface area contributed by atoms with E-state index in [4.69, 9.17) is 11.1 Å². The first-order chi connectivity index (χ1) is 17.8. The zero-order chi connectivity index (χ0) is 26.0. The van der Waals surface area contributed by atoms with Gasteiger partial charge in [0.2, 0.25) is 5.91 Å². The molecule has 1 aliphatic heterocycles. The second kappa shape index (κ2) is 10.1. The van der Waals surface area contributed by atoms with Gasteiger partial charge in [-0.2, -0.15) is 0 Å². The predicted octanol–water partition coefficient (Wildman–Crippen LogP) is 4.84. The van der Waals surface area contributed by atoms with Gasteiger partial charge in [-0.15, -0.1) is 0 Å². The number of sulfonamides is 1. The highest BCUT2D eigenvalue weighted by Crippen LogP contribution is 2.31. The predicted molar refractivity (Wildman–Crippen MR) is 148 cm³/mol.